The number of nitrogens with two attached hydrogens (primary N) is 1. The van der Waals surface area contributed by atoms with Crippen molar-refractivity contribution in [1.29, 1.82) is 0 Å². The van der Waals surface area contributed by atoms with E-state index in [1.54, 1.807) is 4.90 Å². The first-order valence-electron chi connectivity index (χ1n) is 8.00. The van der Waals surface area contributed by atoms with E-state index in [4.69, 9.17) is 10.5 Å². The third-order valence-electron chi connectivity index (χ3n) is 5.42. The zero-order chi connectivity index (χ0) is 15.0. The summed E-state index contributed by atoms with van der Waals surface area (Å²) >= 11 is 0. The summed E-state index contributed by atoms with van der Waals surface area (Å²) in [4.78, 5) is 28.3. The monoisotopic (exact) mass is 295 g/mol. The molecule has 0 aromatic rings. The molecule has 2 heterocycles. The second-order valence-electron chi connectivity index (χ2n) is 6.59. The maximum atomic E-state index is 12.8. The van der Waals surface area contributed by atoms with Crippen molar-refractivity contribution in [3.8, 4) is 0 Å². The number of carbonyl (C=O) groups excluding carboxylic acids is 2. The third-order valence-corrected chi connectivity index (χ3v) is 5.42. The minimum Gasteiger partial charge on any atom is -0.453 e. The molecule has 4 atom stereocenters. The van der Waals surface area contributed by atoms with Crippen LogP contribution in [0.4, 0.5) is 4.79 Å². The average Bonchev–Trinajstić information content (AvgIpc) is 2.75. The molecule has 3 aliphatic rings. The second kappa shape index (κ2) is 5.83. The highest BCUT2D eigenvalue weighted by atomic mass is 16.5. The summed E-state index contributed by atoms with van der Waals surface area (Å²) in [6, 6.07) is -0.1000. The van der Waals surface area contributed by atoms with Gasteiger partial charge in [0.05, 0.1) is 7.11 Å². The van der Waals surface area contributed by atoms with Gasteiger partial charge >= 0.3 is 6.09 Å². The Labute approximate surface area is 125 Å². The number of nitrogens with zero attached hydrogens (tertiary/aromatic N) is 2. The Morgan fingerprint density at radius 3 is 2.38 bits per heavy atom. The number of likely N-dealkylation sites (tertiary alicyclic amines) is 2. The van der Waals surface area contributed by atoms with E-state index in [9.17, 15) is 9.59 Å². The number of carbonyl (C=O) groups is 2. The lowest BCUT2D eigenvalue weighted by Gasteiger charge is -2.41. The SMILES string of the molecule is COC(=O)N1CCCCC1C(=O)N1C[C@H]2CC[C@@H](C1)C2N. The predicted molar refractivity (Wildman–Crippen MR) is 77.5 cm³/mol. The fourth-order valence-corrected chi connectivity index (χ4v) is 4.18. The molecule has 2 aliphatic heterocycles. The summed E-state index contributed by atoms with van der Waals surface area (Å²) in [5, 5.41) is 0. The molecule has 0 aromatic carbocycles. The molecule has 2 amide bonds. The lowest BCUT2D eigenvalue weighted by atomic mass is 9.92. The quantitative estimate of drug-likeness (QED) is 0.776. The molecule has 1 saturated carbocycles. The molecular weight excluding hydrogens is 270 g/mol. The molecule has 2 saturated heterocycles. The molecule has 0 radical (unpaired) electrons. The van der Waals surface area contributed by atoms with Gasteiger partial charge in [0.2, 0.25) is 5.91 Å². The highest BCUT2D eigenvalue weighted by Gasteiger charge is 2.44. The van der Waals surface area contributed by atoms with E-state index in [-0.39, 0.29) is 24.1 Å². The van der Waals surface area contributed by atoms with E-state index in [1.165, 1.54) is 7.11 Å². The number of piperidine rings is 2. The Morgan fingerprint density at radius 1 is 1.10 bits per heavy atom. The molecule has 2 N–H and O–H groups in total. The number of hydrogen-bond acceptors (Lipinski definition) is 4. The van der Waals surface area contributed by atoms with E-state index >= 15 is 0 Å². The number of fused-ring (bicyclic) bond motifs is 2. The molecule has 6 heteroatoms. The molecule has 6 nitrogen and oxygen atoms in total. The van der Waals surface area contributed by atoms with Gasteiger partial charge in [0.25, 0.3) is 0 Å². The summed E-state index contributed by atoms with van der Waals surface area (Å²) in [5.74, 6) is 0.953. The third kappa shape index (κ3) is 2.61. The Balaban J connectivity index is 1.70. The van der Waals surface area contributed by atoms with Gasteiger partial charge in [0.15, 0.2) is 0 Å². The number of methoxy groups -OCH3 is 1. The van der Waals surface area contributed by atoms with Gasteiger partial charge in [-0.1, -0.05) is 0 Å². The van der Waals surface area contributed by atoms with Gasteiger partial charge in [-0.2, -0.15) is 0 Å². The van der Waals surface area contributed by atoms with E-state index in [0.717, 1.165) is 45.2 Å². The van der Waals surface area contributed by atoms with Crippen molar-refractivity contribution < 1.29 is 14.3 Å². The number of hydrogen-bond donors (Lipinski definition) is 1. The van der Waals surface area contributed by atoms with Crippen LogP contribution in [-0.2, 0) is 9.53 Å². The zero-order valence-electron chi connectivity index (χ0n) is 12.7. The van der Waals surface area contributed by atoms with Gasteiger partial charge in [-0.15, -0.1) is 0 Å². The van der Waals surface area contributed by atoms with Crippen LogP contribution in [0, 0.1) is 11.8 Å². The van der Waals surface area contributed by atoms with Crippen molar-refractivity contribution in [2.24, 2.45) is 17.6 Å². The van der Waals surface area contributed by atoms with Crippen LogP contribution in [0.15, 0.2) is 0 Å². The Bertz CT molecular complexity index is 414. The standard InChI is InChI=1S/C15H25N3O3/c1-21-15(20)18-7-3-2-4-12(18)14(19)17-8-10-5-6-11(9-17)13(10)16/h10-13H,2-9,16H2,1H3/t10-,11+,12?,13?. The van der Waals surface area contributed by atoms with E-state index < -0.39 is 0 Å². The zero-order valence-corrected chi connectivity index (χ0v) is 12.7. The smallest absolute Gasteiger partial charge is 0.410 e. The van der Waals surface area contributed by atoms with Crippen molar-refractivity contribution in [2.75, 3.05) is 26.7 Å². The van der Waals surface area contributed by atoms with Crippen molar-refractivity contribution in [1.82, 2.24) is 9.80 Å². The minimum atomic E-state index is -0.385. The topological polar surface area (TPSA) is 75.9 Å². The number of amides is 2. The van der Waals surface area contributed by atoms with E-state index in [1.807, 2.05) is 4.90 Å². The molecule has 0 aromatic heterocycles. The predicted octanol–water partition coefficient (Wildman–Crippen LogP) is 0.803. The van der Waals surface area contributed by atoms with Gasteiger partial charge in [0.1, 0.15) is 6.04 Å². The summed E-state index contributed by atoms with van der Waals surface area (Å²) in [6.07, 6.45) is 4.54. The highest BCUT2D eigenvalue weighted by Crippen LogP contribution is 2.36. The van der Waals surface area contributed by atoms with Crippen molar-refractivity contribution in [3.05, 3.63) is 0 Å². The van der Waals surface area contributed by atoms with Gasteiger partial charge in [-0.05, 0) is 43.9 Å². The molecule has 118 valence electrons. The molecule has 0 spiro atoms. The Morgan fingerprint density at radius 2 is 1.76 bits per heavy atom. The van der Waals surface area contributed by atoms with Crippen LogP contribution in [0.3, 0.4) is 0 Å². The normalized spacial score (nSPS) is 35.7. The summed E-state index contributed by atoms with van der Waals surface area (Å²) in [7, 11) is 1.37. The molecule has 21 heavy (non-hydrogen) atoms. The van der Waals surface area contributed by atoms with Crippen LogP contribution >= 0.6 is 0 Å². The number of ether oxygens (including phenoxy) is 1. The fourth-order valence-electron chi connectivity index (χ4n) is 4.18. The lowest BCUT2D eigenvalue weighted by Crippen LogP contribution is -2.57. The van der Waals surface area contributed by atoms with Crippen LogP contribution in [0.2, 0.25) is 0 Å². The molecule has 2 unspecified atom stereocenters. The molecule has 1 aliphatic carbocycles. The van der Waals surface area contributed by atoms with Gasteiger partial charge in [-0.3, -0.25) is 9.69 Å². The first-order chi connectivity index (χ1) is 10.1. The fraction of sp³-hybridized carbons (Fsp3) is 0.867. The maximum Gasteiger partial charge on any atom is 0.410 e. The summed E-state index contributed by atoms with van der Waals surface area (Å²) in [5.41, 5.74) is 6.20. The first-order valence-corrected chi connectivity index (χ1v) is 8.00. The van der Waals surface area contributed by atoms with Gasteiger partial charge < -0.3 is 15.4 Å². The first kappa shape index (κ1) is 14.6. The highest BCUT2D eigenvalue weighted by molar-refractivity contribution is 5.86. The van der Waals surface area contributed by atoms with Crippen LogP contribution in [0.1, 0.15) is 32.1 Å². The molecular formula is C15H25N3O3. The van der Waals surface area contributed by atoms with E-state index in [2.05, 4.69) is 0 Å². The second-order valence-corrected chi connectivity index (χ2v) is 6.59. The van der Waals surface area contributed by atoms with E-state index in [0.29, 0.717) is 18.4 Å². The van der Waals surface area contributed by atoms with Crippen molar-refractivity contribution >= 4 is 12.0 Å². The van der Waals surface area contributed by atoms with Crippen molar-refractivity contribution in [2.45, 2.75) is 44.2 Å². The van der Waals surface area contributed by atoms with Gasteiger partial charge in [0, 0.05) is 25.7 Å². The van der Waals surface area contributed by atoms with Crippen molar-refractivity contribution in [3.63, 3.8) is 0 Å². The van der Waals surface area contributed by atoms with Crippen LogP contribution in [0.25, 0.3) is 0 Å². The van der Waals surface area contributed by atoms with Gasteiger partial charge in [-0.25, -0.2) is 4.79 Å². The van der Waals surface area contributed by atoms with Crippen LogP contribution in [-0.4, -0.2) is 60.6 Å². The van der Waals surface area contributed by atoms with Crippen LogP contribution < -0.4 is 5.73 Å². The molecule has 3 rings (SSSR count). The Kier molecular flexibility index (Phi) is 4.06. The summed E-state index contributed by atoms with van der Waals surface area (Å²) < 4.78 is 4.83. The molecule has 2 bridgehead atoms. The number of rotatable bonds is 1. The average molecular weight is 295 g/mol. The molecule has 3 fully saturated rings. The largest absolute Gasteiger partial charge is 0.453 e. The Hall–Kier alpha value is -1.30. The minimum absolute atomic E-state index is 0.0869. The summed E-state index contributed by atoms with van der Waals surface area (Å²) in [6.45, 7) is 2.12. The lowest BCUT2D eigenvalue weighted by molar-refractivity contribution is -0.140. The van der Waals surface area contributed by atoms with Crippen LogP contribution in [0.5, 0.6) is 0 Å². The maximum absolute atomic E-state index is 12.8.